The Morgan fingerprint density at radius 2 is 1.90 bits per heavy atom. The van der Waals surface area contributed by atoms with Crippen molar-refractivity contribution in [1.29, 1.82) is 0 Å². The second kappa shape index (κ2) is 5.80. The number of nitro benzene ring substituents is 1. The molecule has 1 heterocycles. The van der Waals surface area contributed by atoms with Gasteiger partial charge in [-0.05, 0) is 31.2 Å². The molecule has 1 amide bonds. The van der Waals surface area contributed by atoms with Crippen LogP contribution in [0.3, 0.4) is 0 Å². The van der Waals surface area contributed by atoms with E-state index in [1.807, 2.05) is 0 Å². The van der Waals surface area contributed by atoms with Crippen molar-refractivity contribution in [3.8, 4) is 0 Å². The van der Waals surface area contributed by atoms with Crippen LogP contribution in [0.2, 0.25) is 0 Å². The summed E-state index contributed by atoms with van der Waals surface area (Å²) in [6.45, 7) is 1.39. The number of hydrogen-bond donors (Lipinski definition) is 1. The molecule has 8 heteroatoms. The molecule has 0 saturated heterocycles. The lowest BCUT2D eigenvalue weighted by atomic mass is 10.2. The number of nitrogens with one attached hydrogen (secondary N) is 1. The number of rotatable bonds is 4. The molecule has 6 nitrogen and oxygen atoms in total. The molecule has 21 heavy (non-hydrogen) atoms. The number of ketones is 1. The van der Waals surface area contributed by atoms with Crippen molar-refractivity contribution in [3.63, 3.8) is 0 Å². The third-order valence-corrected chi connectivity index (χ3v) is 3.76. The van der Waals surface area contributed by atoms with Crippen molar-refractivity contribution in [2.75, 3.05) is 5.32 Å². The predicted molar refractivity (Wildman–Crippen MR) is 75.3 cm³/mol. The molecule has 0 aliphatic rings. The standard InChI is InChI=1S/C13H9FN2O4S/c1-7(17)11-4-5-12(21-11)13(18)15-8-2-3-9(14)10(6-8)16(19)20/h2-6H,1H3,(H,15,18). The fourth-order valence-electron chi connectivity index (χ4n) is 1.57. The van der Waals surface area contributed by atoms with Gasteiger partial charge >= 0.3 is 5.69 Å². The summed E-state index contributed by atoms with van der Waals surface area (Å²) in [7, 11) is 0. The number of anilines is 1. The van der Waals surface area contributed by atoms with E-state index in [-0.39, 0.29) is 16.3 Å². The van der Waals surface area contributed by atoms with Crippen LogP contribution in [0.5, 0.6) is 0 Å². The highest BCUT2D eigenvalue weighted by atomic mass is 32.1. The number of Topliss-reactive ketones (excluding diaryl/α,β-unsaturated/α-hetero) is 1. The molecule has 0 atom stereocenters. The quantitative estimate of drug-likeness (QED) is 0.533. The predicted octanol–water partition coefficient (Wildman–Crippen LogP) is 3.25. The van der Waals surface area contributed by atoms with Gasteiger partial charge in [-0.1, -0.05) is 0 Å². The molecule has 0 saturated carbocycles. The monoisotopic (exact) mass is 308 g/mol. The second-order valence-corrected chi connectivity index (χ2v) is 5.18. The lowest BCUT2D eigenvalue weighted by Crippen LogP contribution is -2.10. The van der Waals surface area contributed by atoms with E-state index in [0.717, 1.165) is 23.5 Å². The zero-order valence-corrected chi connectivity index (χ0v) is 11.6. The second-order valence-electron chi connectivity index (χ2n) is 4.10. The third kappa shape index (κ3) is 3.29. The molecular weight excluding hydrogens is 299 g/mol. The number of benzene rings is 1. The first-order chi connectivity index (χ1) is 9.88. The van der Waals surface area contributed by atoms with Crippen LogP contribution in [0, 0.1) is 15.9 Å². The molecule has 1 aromatic heterocycles. The van der Waals surface area contributed by atoms with Gasteiger partial charge in [-0.15, -0.1) is 11.3 Å². The van der Waals surface area contributed by atoms with Crippen LogP contribution >= 0.6 is 11.3 Å². The van der Waals surface area contributed by atoms with Gasteiger partial charge < -0.3 is 5.32 Å². The Bertz CT molecular complexity index is 742. The molecule has 0 bridgehead atoms. The van der Waals surface area contributed by atoms with Crippen LogP contribution in [-0.4, -0.2) is 16.6 Å². The van der Waals surface area contributed by atoms with Gasteiger partial charge in [0.05, 0.1) is 14.7 Å². The zero-order valence-electron chi connectivity index (χ0n) is 10.8. The Morgan fingerprint density at radius 3 is 2.48 bits per heavy atom. The third-order valence-electron chi connectivity index (χ3n) is 2.58. The van der Waals surface area contributed by atoms with Gasteiger partial charge in [-0.2, -0.15) is 4.39 Å². The number of amides is 1. The van der Waals surface area contributed by atoms with Crippen molar-refractivity contribution >= 4 is 34.4 Å². The summed E-state index contributed by atoms with van der Waals surface area (Å²) in [5, 5.41) is 13.0. The highest BCUT2D eigenvalue weighted by Gasteiger charge is 2.17. The molecule has 1 N–H and O–H groups in total. The number of halogens is 1. The van der Waals surface area contributed by atoms with Gasteiger partial charge in [0.25, 0.3) is 5.91 Å². The molecule has 2 aromatic rings. The largest absolute Gasteiger partial charge is 0.321 e. The van der Waals surface area contributed by atoms with Crippen molar-refractivity contribution in [1.82, 2.24) is 0 Å². The van der Waals surface area contributed by atoms with Gasteiger partial charge in [0, 0.05) is 11.8 Å². The minimum absolute atomic E-state index is 0.103. The molecule has 108 valence electrons. The maximum atomic E-state index is 13.2. The Labute approximate surface area is 122 Å². The number of nitro groups is 1. The van der Waals surface area contributed by atoms with Crippen molar-refractivity contribution in [2.24, 2.45) is 0 Å². The summed E-state index contributed by atoms with van der Waals surface area (Å²) < 4.78 is 13.2. The first-order valence-electron chi connectivity index (χ1n) is 5.74. The summed E-state index contributed by atoms with van der Waals surface area (Å²) in [6, 6.07) is 6.07. The van der Waals surface area contributed by atoms with E-state index in [1.165, 1.54) is 25.1 Å². The van der Waals surface area contributed by atoms with Crippen LogP contribution in [0.1, 0.15) is 26.3 Å². The Morgan fingerprint density at radius 1 is 1.24 bits per heavy atom. The molecule has 0 unspecified atom stereocenters. The highest BCUT2D eigenvalue weighted by Crippen LogP contribution is 2.23. The van der Waals surface area contributed by atoms with Gasteiger partial charge in [0.1, 0.15) is 0 Å². The summed E-state index contributed by atoms with van der Waals surface area (Å²) in [4.78, 5) is 33.6. The van der Waals surface area contributed by atoms with Crippen LogP contribution in [0.4, 0.5) is 15.8 Å². The van der Waals surface area contributed by atoms with E-state index in [2.05, 4.69) is 5.32 Å². The number of thiophene rings is 1. The van der Waals surface area contributed by atoms with Gasteiger partial charge in [-0.3, -0.25) is 19.7 Å². The first kappa shape index (κ1) is 14.8. The van der Waals surface area contributed by atoms with Crippen LogP contribution in [0.15, 0.2) is 30.3 Å². The maximum Gasteiger partial charge on any atom is 0.306 e. The molecule has 0 fully saturated rings. The Hall–Kier alpha value is -2.61. The van der Waals surface area contributed by atoms with E-state index in [0.29, 0.717) is 4.88 Å². The maximum absolute atomic E-state index is 13.2. The molecule has 1 aromatic carbocycles. The van der Waals surface area contributed by atoms with E-state index in [4.69, 9.17) is 0 Å². The Kier molecular flexibility index (Phi) is 4.08. The van der Waals surface area contributed by atoms with Crippen LogP contribution in [0.25, 0.3) is 0 Å². The minimum atomic E-state index is -0.979. The molecule has 2 rings (SSSR count). The zero-order chi connectivity index (χ0) is 15.6. The van der Waals surface area contributed by atoms with Gasteiger partial charge in [-0.25, -0.2) is 0 Å². The normalized spacial score (nSPS) is 10.2. The Balaban J connectivity index is 2.21. The fourth-order valence-corrected chi connectivity index (χ4v) is 2.37. The number of hydrogen-bond acceptors (Lipinski definition) is 5. The average molecular weight is 308 g/mol. The van der Waals surface area contributed by atoms with Gasteiger partial charge in [0.2, 0.25) is 5.82 Å². The SMILES string of the molecule is CC(=O)c1ccc(C(=O)Nc2ccc(F)c([N+](=O)[O-])c2)s1. The molecular formula is C13H9FN2O4S. The van der Waals surface area contributed by atoms with Crippen molar-refractivity contribution in [2.45, 2.75) is 6.92 Å². The lowest BCUT2D eigenvalue weighted by Gasteiger charge is -2.03. The number of nitrogens with zero attached hydrogens (tertiary/aromatic N) is 1. The molecule has 0 aliphatic heterocycles. The number of carbonyl (C=O) groups is 2. The fraction of sp³-hybridized carbons (Fsp3) is 0.0769. The summed E-state index contributed by atoms with van der Waals surface area (Å²) in [5.74, 6) is -1.65. The summed E-state index contributed by atoms with van der Waals surface area (Å²) in [5.41, 5.74) is -0.616. The summed E-state index contributed by atoms with van der Waals surface area (Å²) in [6.07, 6.45) is 0. The van der Waals surface area contributed by atoms with Crippen molar-refractivity contribution in [3.05, 3.63) is 56.0 Å². The first-order valence-corrected chi connectivity index (χ1v) is 6.56. The smallest absolute Gasteiger partial charge is 0.306 e. The minimum Gasteiger partial charge on any atom is -0.321 e. The molecule has 0 spiro atoms. The van der Waals surface area contributed by atoms with Crippen LogP contribution in [-0.2, 0) is 0 Å². The number of carbonyl (C=O) groups excluding carboxylic acids is 2. The van der Waals surface area contributed by atoms with Crippen LogP contribution < -0.4 is 5.32 Å². The average Bonchev–Trinajstić information content (AvgIpc) is 2.90. The highest BCUT2D eigenvalue weighted by molar-refractivity contribution is 7.16. The molecule has 0 radical (unpaired) electrons. The van der Waals surface area contributed by atoms with Crippen molar-refractivity contribution < 1.29 is 18.9 Å². The lowest BCUT2D eigenvalue weighted by molar-refractivity contribution is -0.387. The van der Waals surface area contributed by atoms with E-state index in [9.17, 15) is 24.1 Å². The van der Waals surface area contributed by atoms with Gasteiger partial charge in [0.15, 0.2) is 5.78 Å². The van der Waals surface area contributed by atoms with E-state index < -0.39 is 22.3 Å². The topological polar surface area (TPSA) is 89.3 Å². The summed E-state index contributed by atoms with van der Waals surface area (Å²) >= 11 is 1.01. The molecule has 0 aliphatic carbocycles. The van der Waals surface area contributed by atoms with E-state index >= 15 is 0 Å². The van der Waals surface area contributed by atoms with E-state index in [1.54, 1.807) is 0 Å².